The third-order valence-corrected chi connectivity index (χ3v) is 2.41. The van der Waals surface area contributed by atoms with Crippen molar-refractivity contribution in [3.05, 3.63) is 0 Å². The average molecular weight is 182 g/mol. The Morgan fingerprint density at radius 1 is 1.69 bits per heavy atom. The molecule has 72 valence electrons. The van der Waals surface area contributed by atoms with Gasteiger partial charge in [0.15, 0.2) is 0 Å². The first-order chi connectivity index (χ1) is 6.27. The van der Waals surface area contributed by atoms with Crippen molar-refractivity contribution in [2.24, 2.45) is 5.92 Å². The maximum Gasteiger partial charge on any atom is 0.236 e. The van der Waals surface area contributed by atoms with Crippen molar-refractivity contribution in [2.45, 2.75) is 19.3 Å². The van der Waals surface area contributed by atoms with Gasteiger partial charge in [0.25, 0.3) is 0 Å². The second-order valence-corrected chi connectivity index (χ2v) is 3.34. The van der Waals surface area contributed by atoms with E-state index in [1.165, 1.54) is 0 Å². The second-order valence-electron chi connectivity index (χ2n) is 3.34. The number of aliphatic hydroxyl groups is 1. The molecular weight excluding hydrogens is 168 g/mol. The van der Waals surface area contributed by atoms with E-state index in [0.717, 1.165) is 19.4 Å². The molecule has 1 saturated heterocycles. The quantitative estimate of drug-likeness (QED) is 0.674. The largest absolute Gasteiger partial charge is 0.396 e. The predicted molar refractivity (Wildman–Crippen MR) is 46.6 cm³/mol. The van der Waals surface area contributed by atoms with E-state index in [9.17, 15) is 4.79 Å². The van der Waals surface area contributed by atoms with E-state index >= 15 is 0 Å². The lowest BCUT2D eigenvalue weighted by molar-refractivity contribution is -0.129. The van der Waals surface area contributed by atoms with Crippen molar-refractivity contribution in [1.82, 2.24) is 4.90 Å². The topological polar surface area (TPSA) is 64.3 Å². The predicted octanol–water partition coefficient (Wildman–Crippen LogP) is 0.131. The number of carbonyl (C=O) groups excluding carboxylic acids is 1. The minimum Gasteiger partial charge on any atom is -0.396 e. The zero-order valence-corrected chi connectivity index (χ0v) is 7.57. The Kier molecular flexibility index (Phi) is 3.71. The lowest BCUT2D eigenvalue weighted by Crippen LogP contribution is -2.28. The van der Waals surface area contributed by atoms with Crippen molar-refractivity contribution in [1.29, 1.82) is 5.26 Å². The van der Waals surface area contributed by atoms with Gasteiger partial charge in [0.1, 0.15) is 6.42 Å². The Bertz CT molecular complexity index is 222. The molecule has 0 radical (unpaired) electrons. The Balaban J connectivity index is 2.32. The maximum absolute atomic E-state index is 11.2. The van der Waals surface area contributed by atoms with E-state index in [1.54, 1.807) is 4.90 Å². The monoisotopic (exact) mass is 182 g/mol. The fourth-order valence-electron chi connectivity index (χ4n) is 1.66. The van der Waals surface area contributed by atoms with E-state index in [1.807, 2.05) is 6.07 Å². The smallest absolute Gasteiger partial charge is 0.236 e. The summed E-state index contributed by atoms with van der Waals surface area (Å²) >= 11 is 0. The normalized spacial score (nSPS) is 21.5. The van der Waals surface area contributed by atoms with Crippen LogP contribution in [0.15, 0.2) is 0 Å². The molecule has 0 spiro atoms. The van der Waals surface area contributed by atoms with Crippen LogP contribution in [0.3, 0.4) is 0 Å². The van der Waals surface area contributed by atoms with Crippen LogP contribution in [0.2, 0.25) is 0 Å². The van der Waals surface area contributed by atoms with Crippen molar-refractivity contribution in [3.8, 4) is 6.07 Å². The fourth-order valence-corrected chi connectivity index (χ4v) is 1.66. The van der Waals surface area contributed by atoms with Gasteiger partial charge in [0.05, 0.1) is 6.07 Å². The summed E-state index contributed by atoms with van der Waals surface area (Å²) in [6.45, 7) is 1.64. The van der Waals surface area contributed by atoms with Gasteiger partial charge in [-0.2, -0.15) is 5.26 Å². The average Bonchev–Trinajstić information content (AvgIpc) is 2.54. The molecule has 4 nitrogen and oxygen atoms in total. The van der Waals surface area contributed by atoms with Crippen LogP contribution in [0.5, 0.6) is 0 Å². The standard InChI is InChI=1S/C9H14N2O2/c10-4-1-9(13)11-5-2-8(7-11)3-6-12/h8,12H,1-3,5-7H2. The summed E-state index contributed by atoms with van der Waals surface area (Å²) in [5.41, 5.74) is 0. The van der Waals surface area contributed by atoms with E-state index in [-0.39, 0.29) is 18.9 Å². The molecule has 13 heavy (non-hydrogen) atoms. The minimum atomic E-state index is -0.0806. The summed E-state index contributed by atoms with van der Waals surface area (Å²) in [5.74, 6) is 0.343. The second kappa shape index (κ2) is 4.83. The van der Waals surface area contributed by atoms with Crippen molar-refractivity contribution in [3.63, 3.8) is 0 Å². The molecule has 1 heterocycles. The van der Waals surface area contributed by atoms with Crippen LogP contribution in [-0.4, -0.2) is 35.6 Å². The molecule has 1 fully saturated rings. The Labute approximate surface area is 77.8 Å². The Hall–Kier alpha value is -1.08. The van der Waals surface area contributed by atoms with Crippen LogP contribution >= 0.6 is 0 Å². The van der Waals surface area contributed by atoms with Gasteiger partial charge in [0.2, 0.25) is 5.91 Å². The maximum atomic E-state index is 11.2. The van der Waals surface area contributed by atoms with Gasteiger partial charge >= 0.3 is 0 Å². The number of amides is 1. The van der Waals surface area contributed by atoms with Gasteiger partial charge in [-0.1, -0.05) is 0 Å². The lowest BCUT2D eigenvalue weighted by atomic mass is 10.1. The molecule has 1 rings (SSSR count). The van der Waals surface area contributed by atoms with Crippen molar-refractivity contribution in [2.75, 3.05) is 19.7 Å². The highest BCUT2D eigenvalue weighted by Crippen LogP contribution is 2.19. The lowest BCUT2D eigenvalue weighted by Gasteiger charge is -2.14. The van der Waals surface area contributed by atoms with Gasteiger partial charge in [0, 0.05) is 19.7 Å². The van der Waals surface area contributed by atoms with Gasteiger partial charge in [-0.15, -0.1) is 0 Å². The van der Waals surface area contributed by atoms with Gasteiger partial charge in [-0.3, -0.25) is 4.79 Å². The highest BCUT2D eigenvalue weighted by molar-refractivity contribution is 5.78. The van der Waals surface area contributed by atoms with E-state index in [4.69, 9.17) is 10.4 Å². The molecule has 1 amide bonds. The van der Waals surface area contributed by atoms with Crippen LogP contribution in [0, 0.1) is 17.2 Å². The number of rotatable bonds is 3. The molecule has 0 saturated carbocycles. The summed E-state index contributed by atoms with van der Waals surface area (Å²) in [6, 6.07) is 1.85. The van der Waals surface area contributed by atoms with Crippen LogP contribution in [0.4, 0.5) is 0 Å². The van der Waals surface area contributed by atoms with E-state index < -0.39 is 0 Å². The molecule has 0 aromatic heterocycles. The third kappa shape index (κ3) is 2.71. The van der Waals surface area contributed by atoms with Gasteiger partial charge < -0.3 is 10.0 Å². The highest BCUT2D eigenvalue weighted by Gasteiger charge is 2.25. The van der Waals surface area contributed by atoms with Crippen LogP contribution in [0.25, 0.3) is 0 Å². The molecule has 1 atom stereocenters. The summed E-state index contributed by atoms with van der Waals surface area (Å²) in [7, 11) is 0. The first-order valence-electron chi connectivity index (χ1n) is 4.53. The third-order valence-electron chi connectivity index (χ3n) is 2.41. The van der Waals surface area contributed by atoms with E-state index in [2.05, 4.69) is 0 Å². The van der Waals surface area contributed by atoms with Crippen LogP contribution in [0.1, 0.15) is 19.3 Å². The number of carbonyl (C=O) groups is 1. The Morgan fingerprint density at radius 3 is 3.08 bits per heavy atom. The highest BCUT2D eigenvalue weighted by atomic mass is 16.3. The number of hydrogen-bond acceptors (Lipinski definition) is 3. The number of hydrogen-bond donors (Lipinski definition) is 1. The number of nitrogens with zero attached hydrogens (tertiary/aromatic N) is 2. The number of aliphatic hydroxyl groups excluding tert-OH is 1. The first-order valence-corrected chi connectivity index (χ1v) is 4.53. The van der Waals surface area contributed by atoms with Crippen molar-refractivity contribution >= 4 is 5.91 Å². The summed E-state index contributed by atoms with van der Waals surface area (Å²) in [5, 5.41) is 17.0. The van der Waals surface area contributed by atoms with Gasteiger partial charge in [-0.25, -0.2) is 0 Å². The van der Waals surface area contributed by atoms with Crippen LogP contribution < -0.4 is 0 Å². The summed E-state index contributed by atoms with van der Waals surface area (Å²) in [6.07, 6.45) is 1.69. The molecule has 1 aliphatic heterocycles. The zero-order chi connectivity index (χ0) is 9.68. The van der Waals surface area contributed by atoms with Gasteiger partial charge in [-0.05, 0) is 18.8 Å². The fraction of sp³-hybridized carbons (Fsp3) is 0.778. The zero-order valence-electron chi connectivity index (χ0n) is 7.57. The molecule has 0 bridgehead atoms. The van der Waals surface area contributed by atoms with Crippen LogP contribution in [-0.2, 0) is 4.79 Å². The van der Waals surface area contributed by atoms with E-state index in [0.29, 0.717) is 12.5 Å². The molecular formula is C9H14N2O2. The Morgan fingerprint density at radius 2 is 2.46 bits per heavy atom. The number of nitriles is 1. The molecule has 1 aliphatic rings. The number of likely N-dealkylation sites (tertiary alicyclic amines) is 1. The molecule has 0 aromatic rings. The summed E-state index contributed by atoms with van der Waals surface area (Å²) in [4.78, 5) is 12.9. The van der Waals surface area contributed by atoms with Crippen molar-refractivity contribution < 1.29 is 9.90 Å². The molecule has 4 heteroatoms. The molecule has 0 aliphatic carbocycles. The first kappa shape index (κ1) is 10.0. The molecule has 1 N–H and O–H groups in total. The summed E-state index contributed by atoms with van der Waals surface area (Å²) < 4.78 is 0. The SMILES string of the molecule is N#CCC(=O)N1CCC(CCO)C1. The minimum absolute atomic E-state index is 0.0220. The molecule has 0 aromatic carbocycles. The molecule has 1 unspecified atom stereocenters.